The third-order valence-corrected chi connectivity index (χ3v) is 4.57. The van der Waals surface area contributed by atoms with E-state index in [-0.39, 0.29) is 5.91 Å². The molecule has 3 aromatic rings. The summed E-state index contributed by atoms with van der Waals surface area (Å²) in [6.07, 6.45) is 0. The van der Waals surface area contributed by atoms with Crippen LogP contribution in [0.2, 0.25) is 0 Å². The molecule has 3 rings (SSSR count). The predicted octanol–water partition coefficient (Wildman–Crippen LogP) is 4.41. The van der Waals surface area contributed by atoms with Gasteiger partial charge in [-0.3, -0.25) is 10.1 Å². The number of amides is 1. The lowest BCUT2D eigenvalue weighted by atomic mass is 10.0. The van der Waals surface area contributed by atoms with E-state index in [0.717, 1.165) is 20.8 Å². The van der Waals surface area contributed by atoms with E-state index in [9.17, 15) is 4.79 Å². The first-order chi connectivity index (χ1) is 11.6. The number of carbonyl (C=O) groups is 1. The van der Waals surface area contributed by atoms with Crippen LogP contribution >= 0.6 is 28.1 Å². The van der Waals surface area contributed by atoms with Crippen LogP contribution in [0, 0.1) is 0 Å². The van der Waals surface area contributed by atoms with E-state index in [4.69, 9.17) is 12.2 Å². The van der Waals surface area contributed by atoms with E-state index in [1.165, 1.54) is 0 Å². The minimum Gasteiger partial charge on any atom is -0.358 e. The predicted molar refractivity (Wildman–Crippen MR) is 105 cm³/mol. The summed E-state index contributed by atoms with van der Waals surface area (Å²) < 4.78 is 0.958. The summed E-state index contributed by atoms with van der Waals surface area (Å²) in [7, 11) is 0. The monoisotopic (exact) mass is 398 g/mol. The molecule has 0 fully saturated rings. The number of thiocarbonyl (C=S) groups is 1. The van der Waals surface area contributed by atoms with Crippen LogP contribution in [0.25, 0.3) is 10.8 Å². The van der Waals surface area contributed by atoms with Gasteiger partial charge in [-0.2, -0.15) is 0 Å². The Morgan fingerprint density at radius 2 is 1.62 bits per heavy atom. The number of rotatable bonds is 3. The molecule has 3 aromatic carbocycles. The second-order valence-electron chi connectivity index (χ2n) is 5.26. The van der Waals surface area contributed by atoms with Gasteiger partial charge in [0.15, 0.2) is 5.11 Å². The van der Waals surface area contributed by atoms with Crippen molar-refractivity contribution in [2.75, 3.05) is 0 Å². The summed E-state index contributed by atoms with van der Waals surface area (Å²) in [6.45, 7) is 0.570. The number of hydrogen-bond acceptors (Lipinski definition) is 2. The summed E-state index contributed by atoms with van der Waals surface area (Å²) in [4.78, 5) is 12.5. The van der Waals surface area contributed by atoms with E-state index in [1.54, 1.807) is 6.07 Å². The second kappa shape index (κ2) is 7.55. The summed E-state index contributed by atoms with van der Waals surface area (Å²) in [5, 5.41) is 7.99. The molecular formula is C19H15BrN2OS. The normalized spacial score (nSPS) is 10.4. The Labute approximate surface area is 154 Å². The third-order valence-electron chi connectivity index (χ3n) is 3.64. The lowest BCUT2D eigenvalue weighted by molar-refractivity contribution is 0.0978. The smallest absolute Gasteiger partial charge is 0.258 e. The fraction of sp³-hybridized carbons (Fsp3) is 0.0526. The summed E-state index contributed by atoms with van der Waals surface area (Å²) in [6, 6.07) is 21.3. The molecule has 0 saturated carbocycles. The van der Waals surface area contributed by atoms with Gasteiger partial charge in [0.1, 0.15) is 0 Å². The fourth-order valence-electron chi connectivity index (χ4n) is 2.46. The molecule has 0 spiro atoms. The number of hydrogen-bond donors (Lipinski definition) is 2. The maximum absolute atomic E-state index is 12.5. The van der Waals surface area contributed by atoms with Crippen LogP contribution in [-0.2, 0) is 6.54 Å². The second-order valence-corrected chi connectivity index (χ2v) is 6.53. The maximum Gasteiger partial charge on any atom is 0.258 e. The van der Waals surface area contributed by atoms with Crippen molar-refractivity contribution in [2.24, 2.45) is 0 Å². The highest BCUT2D eigenvalue weighted by molar-refractivity contribution is 9.10. The van der Waals surface area contributed by atoms with Gasteiger partial charge in [0, 0.05) is 16.6 Å². The number of fused-ring (bicyclic) bond motifs is 1. The van der Waals surface area contributed by atoms with Gasteiger partial charge in [-0.15, -0.1) is 0 Å². The van der Waals surface area contributed by atoms with Crippen molar-refractivity contribution in [3.63, 3.8) is 0 Å². The minimum absolute atomic E-state index is 0.218. The molecule has 0 bridgehead atoms. The van der Waals surface area contributed by atoms with Gasteiger partial charge < -0.3 is 5.32 Å². The van der Waals surface area contributed by atoms with Crippen LogP contribution < -0.4 is 10.6 Å². The first-order valence-corrected chi connectivity index (χ1v) is 8.65. The van der Waals surface area contributed by atoms with Crippen molar-refractivity contribution in [1.29, 1.82) is 0 Å². The third kappa shape index (κ3) is 3.80. The van der Waals surface area contributed by atoms with Crippen molar-refractivity contribution in [3.05, 3.63) is 82.3 Å². The van der Waals surface area contributed by atoms with Crippen LogP contribution in [0.4, 0.5) is 0 Å². The van der Waals surface area contributed by atoms with Crippen LogP contribution in [-0.4, -0.2) is 11.0 Å². The highest BCUT2D eigenvalue weighted by Crippen LogP contribution is 2.26. The molecule has 3 nitrogen and oxygen atoms in total. The zero-order valence-electron chi connectivity index (χ0n) is 12.8. The van der Waals surface area contributed by atoms with Crippen molar-refractivity contribution >= 4 is 49.9 Å². The topological polar surface area (TPSA) is 41.1 Å². The highest BCUT2D eigenvalue weighted by Gasteiger charge is 2.12. The molecule has 120 valence electrons. The Morgan fingerprint density at radius 3 is 2.42 bits per heavy atom. The molecule has 0 atom stereocenters. The van der Waals surface area contributed by atoms with Gasteiger partial charge in [-0.25, -0.2) is 0 Å². The van der Waals surface area contributed by atoms with Crippen molar-refractivity contribution in [2.45, 2.75) is 6.54 Å². The molecule has 0 aliphatic heterocycles. The molecule has 0 aromatic heterocycles. The Kier molecular flexibility index (Phi) is 5.23. The number of nitrogens with one attached hydrogen (secondary N) is 2. The number of halogens is 1. The van der Waals surface area contributed by atoms with Gasteiger partial charge in [0.2, 0.25) is 0 Å². The molecule has 0 unspecified atom stereocenters. The molecule has 0 aliphatic carbocycles. The Bertz CT molecular complexity index is 896. The maximum atomic E-state index is 12.5. The summed E-state index contributed by atoms with van der Waals surface area (Å²) in [5.41, 5.74) is 1.70. The zero-order valence-corrected chi connectivity index (χ0v) is 15.2. The summed E-state index contributed by atoms with van der Waals surface area (Å²) in [5.74, 6) is -0.218. The Morgan fingerprint density at radius 1 is 0.917 bits per heavy atom. The molecule has 1 amide bonds. The number of benzene rings is 3. The van der Waals surface area contributed by atoms with Crippen LogP contribution in [0.15, 0.2) is 71.2 Å². The van der Waals surface area contributed by atoms with Gasteiger partial charge >= 0.3 is 0 Å². The van der Waals surface area contributed by atoms with E-state index in [2.05, 4.69) is 26.6 Å². The van der Waals surface area contributed by atoms with Crippen molar-refractivity contribution in [1.82, 2.24) is 10.6 Å². The van der Waals surface area contributed by atoms with E-state index in [0.29, 0.717) is 17.2 Å². The van der Waals surface area contributed by atoms with Crippen molar-refractivity contribution < 1.29 is 4.79 Å². The van der Waals surface area contributed by atoms with Gasteiger partial charge in [0.25, 0.3) is 5.91 Å². The van der Waals surface area contributed by atoms with Gasteiger partial charge in [-0.1, -0.05) is 70.5 Å². The molecule has 0 heterocycles. The van der Waals surface area contributed by atoms with Crippen LogP contribution in [0.3, 0.4) is 0 Å². The van der Waals surface area contributed by atoms with Crippen LogP contribution in [0.5, 0.6) is 0 Å². The molecule has 0 radical (unpaired) electrons. The summed E-state index contributed by atoms with van der Waals surface area (Å²) >= 11 is 8.74. The quantitative estimate of drug-likeness (QED) is 0.642. The molecule has 24 heavy (non-hydrogen) atoms. The van der Waals surface area contributed by atoms with Gasteiger partial charge in [-0.05, 0) is 40.7 Å². The molecular weight excluding hydrogens is 384 g/mol. The standard InChI is InChI=1S/C19H15BrN2OS/c20-17-11-5-8-14-15(17)9-4-10-16(14)18(23)22-19(24)21-12-13-6-2-1-3-7-13/h1-11H,12H2,(H2,21,22,23,24). The first kappa shape index (κ1) is 16.6. The largest absolute Gasteiger partial charge is 0.358 e. The lowest BCUT2D eigenvalue weighted by Crippen LogP contribution is -2.38. The van der Waals surface area contributed by atoms with E-state index >= 15 is 0 Å². The fourth-order valence-corrected chi connectivity index (χ4v) is 3.13. The average molecular weight is 399 g/mol. The minimum atomic E-state index is -0.218. The van der Waals surface area contributed by atoms with Crippen molar-refractivity contribution in [3.8, 4) is 0 Å². The Hall–Kier alpha value is -2.24. The molecule has 0 saturated heterocycles. The van der Waals surface area contributed by atoms with E-state index < -0.39 is 0 Å². The SMILES string of the molecule is O=C(NC(=S)NCc1ccccc1)c1cccc2c(Br)cccc12. The van der Waals surface area contributed by atoms with Crippen LogP contribution in [0.1, 0.15) is 15.9 Å². The van der Waals surface area contributed by atoms with Gasteiger partial charge in [0.05, 0.1) is 0 Å². The average Bonchev–Trinajstić information content (AvgIpc) is 2.61. The molecule has 0 aliphatic rings. The number of carbonyl (C=O) groups excluding carboxylic acids is 1. The zero-order chi connectivity index (χ0) is 16.9. The van der Waals surface area contributed by atoms with E-state index in [1.807, 2.05) is 60.7 Å². The highest BCUT2D eigenvalue weighted by atomic mass is 79.9. The first-order valence-electron chi connectivity index (χ1n) is 7.45. The Balaban J connectivity index is 1.71. The molecule has 5 heteroatoms. The molecule has 2 N–H and O–H groups in total. The lowest BCUT2D eigenvalue weighted by Gasteiger charge is -2.11.